The number of hydrogen-bond donors (Lipinski definition) is 2. The number of nitrogens with one attached hydrogen (secondary N) is 1. The van der Waals surface area contributed by atoms with Gasteiger partial charge in [0.25, 0.3) is 0 Å². The summed E-state index contributed by atoms with van der Waals surface area (Å²) in [7, 11) is 1.43. The highest BCUT2D eigenvalue weighted by Crippen LogP contribution is 2.28. The summed E-state index contributed by atoms with van der Waals surface area (Å²) in [6.45, 7) is 0.538. The number of amides is 1. The van der Waals surface area contributed by atoms with Crippen molar-refractivity contribution in [2.75, 3.05) is 7.11 Å². The van der Waals surface area contributed by atoms with E-state index in [2.05, 4.69) is 5.32 Å². The summed E-state index contributed by atoms with van der Waals surface area (Å²) in [6, 6.07) is 6.69. The van der Waals surface area contributed by atoms with Gasteiger partial charge in [-0.05, 0) is 13.0 Å². The van der Waals surface area contributed by atoms with Gasteiger partial charge >= 0.3 is 6.18 Å². The summed E-state index contributed by atoms with van der Waals surface area (Å²) in [6.07, 6.45) is -4.81. The second-order valence-corrected chi connectivity index (χ2v) is 4.19. The number of hydrogen-bond acceptors (Lipinski definition) is 3. The number of rotatable bonds is 4. The Hall–Kier alpha value is -1.76. The van der Waals surface area contributed by atoms with Crippen LogP contribution in [0.3, 0.4) is 0 Å². The first kappa shape index (κ1) is 15.3. The van der Waals surface area contributed by atoms with Gasteiger partial charge in [0, 0.05) is 12.1 Å². The first-order chi connectivity index (χ1) is 8.70. The van der Waals surface area contributed by atoms with Gasteiger partial charge < -0.3 is 15.8 Å². The molecule has 7 heteroatoms. The molecule has 0 radical (unpaired) electrons. The van der Waals surface area contributed by atoms with Gasteiger partial charge in [-0.2, -0.15) is 13.2 Å². The predicted molar refractivity (Wildman–Crippen MR) is 63.5 cm³/mol. The molecule has 0 heterocycles. The summed E-state index contributed by atoms with van der Waals surface area (Å²) in [5.41, 5.74) is 2.65. The third-order valence-corrected chi connectivity index (χ3v) is 2.69. The minimum absolute atomic E-state index is 0.0916. The summed E-state index contributed by atoms with van der Waals surface area (Å²) in [5.74, 6) is -0.806. The minimum Gasteiger partial charge on any atom is -0.496 e. The Morgan fingerprint density at radius 3 is 2.47 bits per heavy atom. The van der Waals surface area contributed by atoms with Crippen molar-refractivity contribution in [3.05, 3.63) is 29.8 Å². The number of methoxy groups -OCH3 is 1. The van der Waals surface area contributed by atoms with E-state index < -0.39 is 17.6 Å². The van der Waals surface area contributed by atoms with E-state index in [1.807, 2.05) is 0 Å². The van der Waals surface area contributed by atoms with Crippen molar-refractivity contribution in [1.29, 1.82) is 0 Å². The summed E-state index contributed by atoms with van der Waals surface area (Å²) in [4.78, 5) is 11.5. The number of halogens is 3. The van der Waals surface area contributed by atoms with E-state index in [1.165, 1.54) is 7.11 Å². The fourth-order valence-electron chi connectivity index (χ4n) is 1.34. The van der Waals surface area contributed by atoms with E-state index in [0.29, 0.717) is 18.2 Å². The molecule has 0 aliphatic rings. The lowest BCUT2D eigenvalue weighted by Crippen LogP contribution is -2.61. The highest BCUT2D eigenvalue weighted by molar-refractivity contribution is 5.86. The number of carbonyl (C=O) groups excluding carboxylic acids is 1. The molecule has 1 aromatic rings. The second-order valence-electron chi connectivity index (χ2n) is 4.19. The Morgan fingerprint density at radius 2 is 1.95 bits per heavy atom. The Morgan fingerprint density at radius 1 is 1.37 bits per heavy atom. The summed E-state index contributed by atoms with van der Waals surface area (Å²) < 4.78 is 42.7. The van der Waals surface area contributed by atoms with Gasteiger partial charge in [-0.1, -0.05) is 18.2 Å². The summed E-state index contributed by atoms with van der Waals surface area (Å²) >= 11 is 0. The highest BCUT2D eigenvalue weighted by atomic mass is 19.4. The molecule has 4 nitrogen and oxygen atoms in total. The molecule has 3 N–H and O–H groups in total. The lowest BCUT2D eigenvalue weighted by molar-refractivity contribution is -0.187. The van der Waals surface area contributed by atoms with Crippen molar-refractivity contribution >= 4 is 5.91 Å². The number of carbonyl (C=O) groups is 1. The molecule has 1 aromatic carbocycles. The van der Waals surface area contributed by atoms with Crippen LogP contribution in [0, 0.1) is 0 Å². The van der Waals surface area contributed by atoms with Gasteiger partial charge in [0.2, 0.25) is 5.91 Å². The molecule has 0 spiro atoms. The standard InChI is InChI=1S/C12H15F3N2O2/c1-11(16,12(13,14)15)10(18)17-7-8-5-3-4-6-9(8)19-2/h3-6H,7,16H2,1-2H3,(H,17,18). The quantitative estimate of drug-likeness (QED) is 0.877. The van der Waals surface area contributed by atoms with E-state index >= 15 is 0 Å². The minimum atomic E-state index is -4.81. The van der Waals surface area contributed by atoms with E-state index in [-0.39, 0.29) is 6.54 Å². The molecule has 0 saturated carbocycles. The van der Waals surface area contributed by atoms with Crippen molar-refractivity contribution < 1.29 is 22.7 Å². The fourth-order valence-corrected chi connectivity index (χ4v) is 1.34. The van der Waals surface area contributed by atoms with Crippen LogP contribution in [0.4, 0.5) is 13.2 Å². The van der Waals surface area contributed by atoms with Crippen LogP contribution in [0.2, 0.25) is 0 Å². The third-order valence-electron chi connectivity index (χ3n) is 2.69. The zero-order valence-corrected chi connectivity index (χ0v) is 10.5. The zero-order valence-electron chi connectivity index (χ0n) is 10.5. The molecule has 0 aromatic heterocycles. The molecule has 1 rings (SSSR count). The van der Waals surface area contributed by atoms with E-state index in [1.54, 1.807) is 24.3 Å². The number of para-hydroxylation sites is 1. The molecule has 0 aliphatic carbocycles. The van der Waals surface area contributed by atoms with Gasteiger partial charge in [0.15, 0.2) is 5.54 Å². The van der Waals surface area contributed by atoms with Crippen LogP contribution in [-0.4, -0.2) is 24.7 Å². The van der Waals surface area contributed by atoms with Crippen LogP contribution < -0.4 is 15.8 Å². The fraction of sp³-hybridized carbons (Fsp3) is 0.417. The van der Waals surface area contributed by atoms with Crippen molar-refractivity contribution in [3.8, 4) is 5.75 Å². The third kappa shape index (κ3) is 3.37. The highest BCUT2D eigenvalue weighted by Gasteiger charge is 2.53. The monoisotopic (exact) mass is 276 g/mol. The Kier molecular flexibility index (Phi) is 4.41. The van der Waals surface area contributed by atoms with Crippen LogP contribution in [0.25, 0.3) is 0 Å². The van der Waals surface area contributed by atoms with Crippen molar-refractivity contribution in [2.24, 2.45) is 5.73 Å². The lowest BCUT2D eigenvalue weighted by atomic mass is 10.0. The van der Waals surface area contributed by atoms with Crippen LogP contribution in [-0.2, 0) is 11.3 Å². The molecule has 1 amide bonds. The average Bonchev–Trinajstić information content (AvgIpc) is 2.34. The Balaban J connectivity index is 2.75. The van der Waals surface area contributed by atoms with E-state index in [4.69, 9.17) is 10.5 Å². The molecule has 106 valence electrons. The zero-order chi connectivity index (χ0) is 14.7. The molecule has 0 fully saturated rings. The van der Waals surface area contributed by atoms with Crippen LogP contribution >= 0.6 is 0 Å². The molecule has 1 unspecified atom stereocenters. The molecule has 19 heavy (non-hydrogen) atoms. The molecular weight excluding hydrogens is 261 g/mol. The van der Waals surface area contributed by atoms with Gasteiger partial charge in [0.05, 0.1) is 7.11 Å². The number of alkyl halides is 3. The maximum Gasteiger partial charge on any atom is 0.415 e. The van der Waals surface area contributed by atoms with E-state index in [0.717, 1.165) is 0 Å². The van der Waals surface area contributed by atoms with Crippen molar-refractivity contribution in [1.82, 2.24) is 5.32 Å². The van der Waals surface area contributed by atoms with Gasteiger partial charge in [-0.15, -0.1) is 0 Å². The first-order valence-corrected chi connectivity index (χ1v) is 5.46. The van der Waals surface area contributed by atoms with Crippen LogP contribution in [0.1, 0.15) is 12.5 Å². The van der Waals surface area contributed by atoms with Crippen molar-refractivity contribution in [3.63, 3.8) is 0 Å². The van der Waals surface area contributed by atoms with E-state index in [9.17, 15) is 18.0 Å². The molecule has 1 atom stereocenters. The predicted octanol–water partition coefficient (Wildman–Crippen LogP) is 1.59. The van der Waals surface area contributed by atoms with Crippen molar-refractivity contribution in [2.45, 2.75) is 25.2 Å². The lowest BCUT2D eigenvalue weighted by Gasteiger charge is -2.26. The SMILES string of the molecule is COc1ccccc1CNC(=O)C(C)(N)C(F)(F)F. The first-order valence-electron chi connectivity index (χ1n) is 5.46. The normalized spacial score (nSPS) is 14.6. The second kappa shape index (κ2) is 5.48. The van der Waals surface area contributed by atoms with Gasteiger partial charge in [-0.3, -0.25) is 4.79 Å². The van der Waals surface area contributed by atoms with Gasteiger partial charge in [0.1, 0.15) is 5.75 Å². The van der Waals surface area contributed by atoms with Crippen LogP contribution in [0.5, 0.6) is 5.75 Å². The Labute approximate surface area is 108 Å². The van der Waals surface area contributed by atoms with Gasteiger partial charge in [-0.25, -0.2) is 0 Å². The molecule has 0 aliphatic heterocycles. The number of benzene rings is 1. The largest absolute Gasteiger partial charge is 0.496 e. The Bertz CT molecular complexity index is 459. The molecular formula is C12H15F3N2O2. The maximum absolute atomic E-state index is 12.5. The number of nitrogens with two attached hydrogens (primary N) is 1. The number of ether oxygens (including phenoxy) is 1. The summed E-state index contributed by atoms with van der Waals surface area (Å²) in [5, 5.41) is 2.16. The maximum atomic E-state index is 12.5. The van der Waals surface area contributed by atoms with Crippen LogP contribution in [0.15, 0.2) is 24.3 Å². The molecule has 0 bridgehead atoms. The topological polar surface area (TPSA) is 64.3 Å². The average molecular weight is 276 g/mol. The molecule has 0 saturated heterocycles. The smallest absolute Gasteiger partial charge is 0.415 e.